The van der Waals surface area contributed by atoms with Crippen molar-refractivity contribution in [2.45, 2.75) is 38.9 Å². The van der Waals surface area contributed by atoms with Gasteiger partial charge in [0.15, 0.2) is 17.3 Å². The van der Waals surface area contributed by atoms with Crippen LogP contribution >= 0.6 is 12.4 Å². The lowest BCUT2D eigenvalue weighted by molar-refractivity contribution is -0.122. The molecule has 0 fully saturated rings. The monoisotopic (exact) mass is 427 g/mol. The number of carbonyl (C=O) groups excluding carboxylic acids is 1. The molecular formula is C19H30ClN5O4. The Hall–Kier alpha value is -2.36. The fourth-order valence-corrected chi connectivity index (χ4v) is 2.85. The van der Waals surface area contributed by atoms with E-state index in [1.807, 2.05) is 32.0 Å². The van der Waals surface area contributed by atoms with Crippen LogP contribution in [0.5, 0.6) is 11.5 Å². The fraction of sp³-hybridized carbons (Fsp3) is 0.526. The van der Waals surface area contributed by atoms with Gasteiger partial charge >= 0.3 is 0 Å². The maximum absolute atomic E-state index is 12.3. The Morgan fingerprint density at radius 1 is 1.21 bits per heavy atom. The maximum Gasteiger partial charge on any atom is 0.242 e. The van der Waals surface area contributed by atoms with Gasteiger partial charge in [0.1, 0.15) is 12.4 Å². The topological polar surface area (TPSA) is 114 Å². The number of carbonyl (C=O) groups is 1. The highest BCUT2D eigenvalue weighted by atomic mass is 35.5. The number of rotatable bonds is 10. The molecule has 1 heterocycles. The van der Waals surface area contributed by atoms with Crippen LogP contribution in [0.25, 0.3) is 0 Å². The number of hydrogen-bond acceptors (Lipinski definition) is 7. The van der Waals surface area contributed by atoms with Crippen molar-refractivity contribution in [1.82, 2.24) is 20.1 Å². The third kappa shape index (κ3) is 6.88. The summed E-state index contributed by atoms with van der Waals surface area (Å²) in [4.78, 5) is 16.8. The van der Waals surface area contributed by atoms with E-state index in [-0.39, 0.29) is 36.9 Å². The minimum Gasteiger partial charge on any atom is -0.493 e. The van der Waals surface area contributed by atoms with Gasteiger partial charge in [-0.25, -0.2) is 9.67 Å². The predicted molar refractivity (Wildman–Crippen MR) is 112 cm³/mol. The number of halogens is 1. The van der Waals surface area contributed by atoms with Gasteiger partial charge in [-0.1, -0.05) is 6.07 Å². The number of hydrogen-bond donors (Lipinski definition) is 2. The molecule has 0 spiro atoms. The Balaban J connectivity index is 0.00000420. The van der Waals surface area contributed by atoms with Crippen molar-refractivity contribution in [3.8, 4) is 11.5 Å². The fourth-order valence-electron chi connectivity index (χ4n) is 2.85. The molecule has 1 amide bonds. The van der Waals surface area contributed by atoms with E-state index in [1.165, 1.54) is 0 Å². The van der Waals surface area contributed by atoms with Gasteiger partial charge in [-0.05, 0) is 31.5 Å². The lowest BCUT2D eigenvalue weighted by atomic mass is 10.1. The summed E-state index contributed by atoms with van der Waals surface area (Å²) >= 11 is 0. The van der Waals surface area contributed by atoms with Gasteiger partial charge in [0, 0.05) is 19.6 Å². The molecule has 2 atom stereocenters. The highest BCUT2D eigenvalue weighted by Gasteiger charge is 2.17. The molecule has 0 aliphatic heterocycles. The van der Waals surface area contributed by atoms with Crippen molar-refractivity contribution in [1.29, 1.82) is 0 Å². The lowest BCUT2D eigenvalue weighted by Gasteiger charge is -2.13. The van der Waals surface area contributed by atoms with E-state index in [2.05, 4.69) is 15.4 Å². The number of benzene rings is 1. The Kier molecular flexibility index (Phi) is 9.87. The van der Waals surface area contributed by atoms with Crippen LogP contribution in [0.15, 0.2) is 18.2 Å². The van der Waals surface area contributed by atoms with E-state index in [0.29, 0.717) is 36.2 Å². The zero-order valence-electron chi connectivity index (χ0n) is 17.5. The second kappa shape index (κ2) is 11.6. The van der Waals surface area contributed by atoms with Gasteiger partial charge in [-0.3, -0.25) is 4.79 Å². The molecule has 0 radical (unpaired) electrons. The van der Waals surface area contributed by atoms with Crippen molar-refractivity contribution >= 4 is 18.3 Å². The zero-order valence-corrected chi connectivity index (χ0v) is 18.3. The summed E-state index contributed by atoms with van der Waals surface area (Å²) in [5, 5.41) is 7.34. The van der Waals surface area contributed by atoms with Crippen LogP contribution in [0.2, 0.25) is 0 Å². The van der Waals surface area contributed by atoms with Crippen LogP contribution in [-0.4, -0.2) is 54.6 Å². The molecule has 1 aromatic heterocycles. The van der Waals surface area contributed by atoms with E-state index in [0.717, 1.165) is 5.56 Å². The van der Waals surface area contributed by atoms with Gasteiger partial charge in [0.2, 0.25) is 5.91 Å². The Morgan fingerprint density at radius 3 is 2.48 bits per heavy atom. The van der Waals surface area contributed by atoms with E-state index in [4.69, 9.17) is 19.9 Å². The van der Waals surface area contributed by atoms with Crippen LogP contribution in [0.1, 0.15) is 37.1 Å². The summed E-state index contributed by atoms with van der Waals surface area (Å²) in [6.07, 6.45) is 0.481. The number of nitrogens with two attached hydrogens (primary N) is 1. The largest absolute Gasteiger partial charge is 0.493 e. The van der Waals surface area contributed by atoms with E-state index >= 15 is 0 Å². The molecule has 0 unspecified atom stereocenters. The molecular weight excluding hydrogens is 398 g/mol. The molecule has 0 aliphatic carbocycles. The smallest absolute Gasteiger partial charge is 0.242 e. The summed E-state index contributed by atoms with van der Waals surface area (Å²) in [5.74, 6) is 2.26. The third-order valence-corrected chi connectivity index (χ3v) is 4.08. The molecule has 0 saturated heterocycles. The number of methoxy groups -OCH3 is 3. The molecule has 9 nitrogen and oxygen atoms in total. The predicted octanol–water partition coefficient (Wildman–Crippen LogP) is 1.48. The SMILES string of the molecule is COC[C@H](C)NC(=O)Cn1nc(Cc2ccc(OC)c(OC)c2)nc1[C@@H](C)N.Cl. The Bertz CT molecular complexity index is 797. The lowest BCUT2D eigenvalue weighted by Crippen LogP contribution is -2.38. The van der Waals surface area contributed by atoms with E-state index < -0.39 is 0 Å². The normalized spacial score (nSPS) is 12.6. The first-order chi connectivity index (χ1) is 13.4. The van der Waals surface area contributed by atoms with Crippen LogP contribution in [-0.2, 0) is 22.5 Å². The van der Waals surface area contributed by atoms with Gasteiger partial charge in [0.25, 0.3) is 0 Å². The molecule has 10 heteroatoms. The summed E-state index contributed by atoms with van der Waals surface area (Å²) in [5.41, 5.74) is 6.98. The van der Waals surface area contributed by atoms with Crippen LogP contribution in [0, 0.1) is 0 Å². The number of aromatic nitrogens is 3. The van der Waals surface area contributed by atoms with Gasteiger partial charge in [-0.2, -0.15) is 5.10 Å². The second-order valence-electron chi connectivity index (χ2n) is 6.62. The number of amides is 1. The summed E-state index contributed by atoms with van der Waals surface area (Å²) in [7, 11) is 4.77. The minimum atomic E-state index is -0.351. The van der Waals surface area contributed by atoms with Crippen molar-refractivity contribution in [3.63, 3.8) is 0 Å². The van der Waals surface area contributed by atoms with Crippen molar-refractivity contribution in [2.24, 2.45) is 5.73 Å². The van der Waals surface area contributed by atoms with Gasteiger partial charge in [-0.15, -0.1) is 12.4 Å². The Morgan fingerprint density at radius 2 is 1.90 bits per heavy atom. The van der Waals surface area contributed by atoms with Crippen molar-refractivity contribution < 1.29 is 19.0 Å². The van der Waals surface area contributed by atoms with Crippen molar-refractivity contribution in [2.75, 3.05) is 27.9 Å². The molecule has 0 bridgehead atoms. The van der Waals surface area contributed by atoms with E-state index in [1.54, 1.807) is 26.0 Å². The Labute approximate surface area is 177 Å². The first-order valence-corrected chi connectivity index (χ1v) is 9.06. The van der Waals surface area contributed by atoms with Crippen LogP contribution in [0.3, 0.4) is 0 Å². The molecule has 0 aliphatic rings. The highest BCUT2D eigenvalue weighted by molar-refractivity contribution is 5.85. The number of nitrogens with one attached hydrogen (secondary N) is 1. The average molecular weight is 428 g/mol. The van der Waals surface area contributed by atoms with Crippen LogP contribution < -0.4 is 20.5 Å². The maximum atomic E-state index is 12.3. The highest BCUT2D eigenvalue weighted by Crippen LogP contribution is 2.28. The first kappa shape index (κ1) is 24.7. The number of nitrogens with zero attached hydrogens (tertiary/aromatic N) is 3. The molecule has 162 valence electrons. The molecule has 29 heavy (non-hydrogen) atoms. The molecule has 2 rings (SSSR count). The molecule has 2 aromatic rings. The number of ether oxygens (including phenoxy) is 3. The molecule has 3 N–H and O–H groups in total. The summed E-state index contributed by atoms with van der Waals surface area (Å²) < 4.78 is 17.2. The molecule has 1 aromatic carbocycles. The summed E-state index contributed by atoms with van der Waals surface area (Å²) in [6.45, 7) is 4.17. The third-order valence-electron chi connectivity index (χ3n) is 4.08. The first-order valence-electron chi connectivity index (χ1n) is 9.06. The van der Waals surface area contributed by atoms with Gasteiger partial charge < -0.3 is 25.3 Å². The summed E-state index contributed by atoms with van der Waals surface area (Å²) in [6, 6.07) is 5.20. The second-order valence-corrected chi connectivity index (χ2v) is 6.62. The standard InChI is InChI=1S/C19H29N5O4.ClH/c1-12(11-26-3)21-18(25)10-24-19(13(2)20)22-17(23-24)9-14-6-7-15(27-4)16(8-14)28-5;/h6-8,12-13H,9-11,20H2,1-5H3,(H,21,25);1H/t12-,13+;/m0./s1. The van der Waals surface area contributed by atoms with Crippen LogP contribution in [0.4, 0.5) is 0 Å². The van der Waals surface area contributed by atoms with Crippen molar-refractivity contribution in [3.05, 3.63) is 35.4 Å². The molecule has 0 saturated carbocycles. The zero-order chi connectivity index (χ0) is 20.7. The van der Waals surface area contributed by atoms with Gasteiger partial charge in [0.05, 0.1) is 26.9 Å². The van der Waals surface area contributed by atoms with E-state index in [9.17, 15) is 4.79 Å². The quantitative estimate of drug-likeness (QED) is 0.590. The average Bonchev–Trinajstić information content (AvgIpc) is 3.03. The minimum absolute atomic E-state index is 0.